The molecule has 1 aromatic rings. The predicted molar refractivity (Wildman–Crippen MR) is 50.6 cm³/mol. The van der Waals surface area contributed by atoms with Gasteiger partial charge in [0.25, 0.3) is 0 Å². The second-order valence-electron chi connectivity index (χ2n) is 3.95. The van der Waals surface area contributed by atoms with Crippen LogP contribution >= 0.6 is 0 Å². The van der Waals surface area contributed by atoms with Gasteiger partial charge in [-0.1, -0.05) is 18.9 Å². The van der Waals surface area contributed by atoms with Crippen LogP contribution < -0.4 is 5.73 Å². The highest BCUT2D eigenvalue weighted by atomic mass is 19.1. The van der Waals surface area contributed by atoms with Gasteiger partial charge in [0.15, 0.2) is 0 Å². The molecular formula is C11H13F2N. The van der Waals surface area contributed by atoms with Gasteiger partial charge in [-0.05, 0) is 18.4 Å². The van der Waals surface area contributed by atoms with E-state index in [9.17, 15) is 8.78 Å². The molecule has 0 saturated heterocycles. The smallest absolute Gasteiger partial charge is 0.130 e. The van der Waals surface area contributed by atoms with Crippen molar-refractivity contribution in [3.8, 4) is 0 Å². The molecule has 0 spiro atoms. The standard InChI is InChI=1S/C11H13F2N/c12-8-3-4-9(10(13)6-8)11(14)5-7-1-2-7/h3-4,6-7,11H,1-2,5,14H2/t11-/m0/s1. The van der Waals surface area contributed by atoms with Gasteiger partial charge >= 0.3 is 0 Å². The number of rotatable bonds is 3. The fourth-order valence-electron chi connectivity index (χ4n) is 1.64. The van der Waals surface area contributed by atoms with Crippen LogP contribution in [0.3, 0.4) is 0 Å². The molecule has 14 heavy (non-hydrogen) atoms. The Labute approximate surface area is 81.9 Å². The second kappa shape index (κ2) is 3.65. The van der Waals surface area contributed by atoms with Crippen molar-refractivity contribution in [3.63, 3.8) is 0 Å². The Hall–Kier alpha value is -0.960. The van der Waals surface area contributed by atoms with Crippen LogP contribution in [0.15, 0.2) is 18.2 Å². The Bertz CT molecular complexity index is 334. The Morgan fingerprint density at radius 3 is 2.64 bits per heavy atom. The lowest BCUT2D eigenvalue weighted by Crippen LogP contribution is -2.12. The molecule has 2 N–H and O–H groups in total. The molecule has 1 aliphatic rings. The van der Waals surface area contributed by atoms with Crippen LogP contribution in [0.5, 0.6) is 0 Å². The van der Waals surface area contributed by atoms with Gasteiger partial charge in [-0.25, -0.2) is 8.78 Å². The zero-order valence-electron chi connectivity index (χ0n) is 7.84. The number of halogens is 2. The molecule has 1 saturated carbocycles. The molecule has 76 valence electrons. The van der Waals surface area contributed by atoms with Crippen LogP contribution in [0.4, 0.5) is 8.78 Å². The molecule has 0 heterocycles. The second-order valence-corrected chi connectivity index (χ2v) is 3.95. The summed E-state index contributed by atoms with van der Waals surface area (Å²) in [5.41, 5.74) is 6.25. The molecule has 1 fully saturated rings. The van der Waals surface area contributed by atoms with E-state index < -0.39 is 11.6 Å². The van der Waals surface area contributed by atoms with Gasteiger partial charge in [-0.15, -0.1) is 0 Å². The summed E-state index contributed by atoms with van der Waals surface area (Å²) in [5, 5.41) is 0. The molecule has 1 atom stereocenters. The van der Waals surface area contributed by atoms with Crippen molar-refractivity contribution < 1.29 is 8.78 Å². The molecule has 0 amide bonds. The van der Waals surface area contributed by atoms with Crippen molar-refractivity contribution in [2.24, 2.45) is 11.7 Å². The van der Waals surface area contributed by atoms with Gasteiger partial charge < -0.3 is 5.73 Å². The van der Waals surface area contributed by atoms with Crippen molar-refractivity contribution in [2.45, 2.75) is 25.3 Å². The third kappa shape index (κ3) is 2.10. The molecule has 0 bridgehead atoms. The molecular weight excluding hydrogens is 184 g/mol. The van der Waals surface area contributed by atoms with Crippen molar-refractivity contribution >= 4 is 0 Å². The summed E-state index contributed by atoms with van der Waals surface area (Å²) in [6.07, 6.45) is 3.19. The van der Waals surface area contributed by atoms with Crippen molar-refractivity contribution in [3.05, 3.63) is 35.4 Å². The fourth-order valence-corrected chi connectivity index (χ4v) is 1.64. The highest BCUT2D eigenvalue weighted by molar-refractivity contribution is 5.22. The summed E-state index contributed by atoms with van der Waals surface area (Å²) >= 11 is 0. The van der Waals surface area contributed by atoms with Crippen molar-refractivity contribution in [1.82, 2.24) is 0 Å². The summed E-state index contributed by atoms with van der Waals surface area (Å²) in [7, 11) is 0. The van der Waals surface area contributed by atoms with Crippen molar-refractivity contribution in [1.29, 1.82) is 0 Å². The molecule has 1 aliphatic carbocycles. The zero-order chi connectivity index (χ0) is 10.1. The minimum Gasteiger partial charge on any atom is -0.324 e. The molecule has 2 rings (SSSR count). The monoisotopic (exact) mass is 197 g/mol. The van der Waals surface area contributed by atoms with Crippen LogP contribution in [0, 0.1) is 17.6 Å². The highest BCUT2D eigenvalue weighted by Gasteiger charge is 2.25. The molecule has 1 nitrogen and oxygen atoms in total. The van der Waals surface area contributed by atoms with E-state index in [1.54, 1.807) is 0 Å². The normalized spacial score (nSPS) is 18.2. The molecule has 0 aromatic heterocycles. The Morgan fingerprint density at radius 1 is 1.36 bits per heavy atom. The first-order chi connectivity index (χ1) is 6.66. The predicted octanol–water partition coefficient (Wildman–Crippen LogP) is 2.76. The maximum atomic E-state index is 13.3. The number of nitrogens with two attached hydrogens (primary N) is 1. The van der Waals surface area contributed by atoms with Crippen LogP contribution in [0.2, 0.25) is 0 Å². The number of hydrogen-bond donors (Lipinski definition) is 1. The molecule has 0 aliphatic heterocycles. The summed E-state index contributed by atoms with van der Waals surface area (Å²) < 4.78 is 25.9. The minimum atomic E-state index is -0.551. The Kier molecular flexibility index (Phi) is 2.50. The van der Waals surface area contributed by atoms with E-state index >= 15 is 0 Å². The lowest BCUT2D eigenvalue weighted by Gasteiger charge is -2.11. The molecule has 3 heteroatoms. The fraction of sp³-hybridized carbons (Fsp3) is 0.455. The van der Waals surface area contributed by atoms with E-state index in [4.69, 9.17) is 5.73 Å². The maximum Gasteiger partial charge on any atom is 0.130 e. The van der Waals surface area contributed by atoms with Gasteiger partial charge in [0.1, 0.15) is 11.6 Å². The van der Waals surface area contributed by atoms with E-state index in [1.807, 2.05) is 0 Å². The largest absolute Gasteiger partial charge is 0.324 e. The number of benzene rings is 1. The maximum absolute atomic E-state index is 13.3. The summed E-state index contributed by atoms with van der Waals surface area (Å²) in [4.78, 5) is 0. The van der Waals surface area contributed by atoms with Gasteiger partial charge in [-0.3, -0.25) is 0 Å². The number of hydrogen-bond acceptors (Lipinski definition) is 1. The van der Waals surface area contributed by atoms with Crippen molar-refractivity contribution in [2.75, 3.05) is 0 Å². The Balaban J connectivity index is 2.13. The van der Waals surface area contributed by atoms with Gasteiger partial charge in [-0.2, -0.15) is 0 Å². The van der Waals surface area contributed by atoms with E-state index in [-0.39, 0.29) is 6.04 Å². The third-order valence-electron chi connectivity index (χ3n) is 2.65. The van der Waals surface area contributed by atoms with Gasteiger partial charge in [0.2, 0.25) is 0 Å². The van der Waals surface area contributed by atoms with Crippen LogP contribution in [-0.4, -0.2) is 0 Å². The molecule has 1 aromatic carbocycles. The van der Waals surface area contributed by atoms with Crippen LogP contribution in [-0.2, 0) is 0 Å². The Morgan fingerprint density at radius 2 is 2.07 bits per heavy atom. The van der Waals surface area contributed by atoms with E-state index in [1.165, 1.54) is 25.0 Å². The zero-order valence-corrected chi connectivity index (χ0v) is 7.84. The van der Waals surface area contributed by atoms with Crippen LogP contribution in [0.25, 0.3) is 0 Å². The first kappa shape index (κ1) is 9.59. The first-order valence-electron chi connectivity index (χ1n) is 4.87. The summed E-state index contributed by atoms with van der Waals surface area (Å²) in [6, 6.07) is 3.30. The summed E-state index contributed by atoms with van der Waals surface area (Å²) in [5.74, 6) is -0.433. The quantitative estimate of drug-likeness (QED) is 0.792. The SMILES string of the molecule is N[C@@H](CC1CC1)c1ccc(F)cc1F. The first-order valence-corrected chi connectivity index (χ1v) is 4.87. The van der Waals surface area contributed by atoms with E-state index in [0.717, 1.165) is 12.5 Å². The minimum absolute atomic E-state index is 0.289. The molecule has 0 radical (unpaired) electrons. The summed E-state index contributed by atoms with van der Waals surface area (Å²) in [6.45, 7) is 0. The van der Waals surface area contributed by atoms with Crippen LogP contribution in [0.1, 0.15) is 30.9 Å². The highest BCUT2D eigenvalue weighted by Crippen LogP contribution is 2.37. The van der Waals surface area contributed by atoms with E-state index in [0.29, 0.717) is 11.5 Å². The topological polar surface area (TPSA) is 26.0 Å². The lowest BCUT2D eigenvalue weighted by atomic mass is 10.0. The van der Waals surface area contributed by atoms with Gasteiger partial charge in [0, 0.05) is 17.7 Å². The lowest BCUT2D eigenvalue weighted by molar-refractivity contribution is 0.529. The average molecular weight is 197 g/mol. The third-order valence-corrected chi connectivity index (χ3v) is 2.65. The average Bonchev–Trinajstić information content (AvgIpc) is 2.87. The van der Waals surface area contributed by atoms with E-state index in [2.05, 4.69) is 0 Å². The molecule has 0 unspecified atom stereocenters. The van der Waals surface area contributed by atoms with Gasteiger partial charge in [0.05, 0.1) is 0 Å².